The number of hydrogen-bond acceptors (Lipinski definition) is 2. The molecule has 2 amide bonds. The molecule has 2 aromatic carbocycles. The Labute approximate surface area is 148 Å². The van der Waals surface area contributed by atoms with Crippen LogP contribution in [0.3, 0.4) is 0 Å². The van der Waals surface area contributed by atoms with E-state index in [9.17, 15) is 9.59 Å². The maximum Gasteiger partial charge on any atom is 0.229 e. The van der Waals surface area contributed by atoms with Crippen LogP contribution in [0.4, 0.5) is 11.4 Å². The van der Waals surface area contributed by atoms with Gasteiger partial charge in [-0.15, -0.1) is 0 Å². The van der Waals surface area contributed by atoms with Crippen molar-refractivity contribution in [1.29, 1.82) is 0 Å². The number of carbonyl (C=O) groups is 2. The number of amides is 2. The van der Waals surface area contributed by atoms with Crippen molar-refractivity contribution in [1.82, 2.24) is 0 Å². The Morgan fingerprint density at radius 2 is 1.84 bits per heavy atom. The lowest BCUT2D eigenvalue weighted by atomic mass is 10.1. The van der Waals surface area contributed by atoms with E-state index in [4.69, 9.17) is 0 Å². The van der Waals surface area contributed by atoms with E-state index in [2.05, 4.69) is 24.4 Å². The molecule has 25 heavy (non-hydrogen) atoms. The maximum absolute atomic E-state index is 12.5. The van der Waals surface area contributed by atoms with E-state index < -0.39 is 0 Å². The van der Waals surface area contributed by atoms with Gasteiger partial charge in [0.05, 0.1) is 5.92 Å². The minimum absolute atomic E-state index is 0.00117. The van der Waals surface area contributed by atoms with Crippen LogP contribution in [0.15, 0.2) is 54.6 Å². The van der Waals surface area contributed by atoms with E-state index in [0.29, 0.717) is 6.54 Å². The zero-order valence-corrected chi connectivity index (χ0v) is 14.6. The molecule has 0 unspecified atom stereocenters. The number of aryl methyl sites for hydroxylation is 1. The molecule has 0 saturated carbocycles. The molecule has 0 radical (unpaired) electrons. The first-order valence-electron chi connectivity index (χ1n) is 8.92. The first-order chi connectivity index (χ1) is 12.2. The summed E-state index contributed by atoms with van der Waals surface area (Å²) in [5.41, 5.74) is 2.92. The number of para-hydroxylation sites is 1. The zero-order valence-electron chi connectivity index (χ0n) is 14.6. The fourth-order valence-electron chi connectivity index (χ4n) is 3.12. The number of carbonyl (C=O) groups excluding carboxylic acids is 2. The molecule has 0 aliphatic carbocycles. The van der Waals surface area contributed by atoms with Crippen molar-refractivity contribution in [3.8, 4) is 0 Å². The van der Waals surface area contributed by atoms with Gasteiger partial charge < -0.3 is 10.2 Å². The van der Waals surface area contributed by atoms with Gasteiger partial charge in [-0.2, -0.15) is 0 Å². The Bertz CT molecular complexity index is 725. The summed E-state index contributed by atoms with van der Waals surface area (Å²) in [7, 11) is 0. The molecule has 2 aromatic rings. The van der Waals surface area contributed by atoms with Gasteiger partial charge in [-0.05, 0) is 42.7 Å². The van der Waals surface area contributed by atoms with Crippen LogP contribution in [-0.4, -0.2) is 18.4 Å². The van der Waals surface area contributed by atoms with E-state index in [-0.39, 0.29) is 24.2 Å². The van der Waals surface area contributed by atoms with E-state index >= 15 is 0 Å². The highest BCUT2D eigenvalue weighted by molar-refractivity contribution is 6.03. The molecule has 130 valence electrons. The van der Waals surface area contributed by atoms with Gasteiger partial charge in [-0.1, -0.05) is 43.7 Å². The third-order valence-electron chi connectivity index (χ3n) is 4.60. The molecule has 4 nitrogen and oxygen atoms in total. The molecule has 1 atom stereocenters. The Hall–Kier alpha value is -2.62. The summed E-state index contributed by atoms with van der Waals surface area (Å²) < 4.78 is 0. The third kappa shape index (κ3) is 4.27. The van der Waals surface area contributed by atoms with Crippen molar-refractivity contribution in [3.63, 3.8) is 0 Å². The summed E-state index contributed by atoms with van der Waals surface area (Å²) >= 11 is 0. The number of nitrogens with zero attached hydrogens (tertiary/aromatic N) is 1. The molecule has 0 aromatic heterocycles. The highest BCUT2D eigenvalue weighted by Gasteiger charge is 2.35. The molecule has 0 bridgehead atoms. The van der Waals surface area contributed by atoms with E-state index in [0.717, 1.165) is 17.8 Å². The van der Waals surface area contributed by atoms with Gasteiger partial charge in [-0.25, -0.2) is 0 Å². The van der Waals surface area contributed by atoms with Gasteiger partial charge >= 0.3 is 0 Å². The normalized spacial score (nSPS) is 16.9. The summed E-state index contributed by atoms with van der Waals surface area (Å²) in [6.07, 6.45) is 3.67. The van der Waals surface area contributed by atoms with Crippen molar-refractivity contribution < 1.29 is 9.59 Å². The second kappa shape index (κ2) is 7.97. The van der Waals surface area contributed by atoms with Crippen LogP contribution in [-0.2, 0) is 16.0 Å². The van der Waals surface area contributed by atoms with Crippen molar-refractivity contribution >= 4 is 23.2 Å². The molecule has 1 N–H and O–H groups in total. The van der Waals surface area contributed by atoms with E-state index in [1.807, 2.05) is 42.5 Å². The van der Waals surface area contributed by atoms with Gasteiger partial charge in [0.1, 0.15) is 0 Å². The molecular weight excluding hydrogens is 312 g/mol. The number of anilines is 2. The standard InChI is InChI=1S/C21H24N2O2/c1-2-3-7-16-10-12-18(13-11-16)22-21(25)17-14-20(24)23(15-17)19-8-5-4-6-9-19/h4-6,8-13,17H,2-3,7,14-15H2,1H3,(H,22,25)/t17-/m0/s1. The average Bonchev–Trinajstić information content (AvgIpc) is 3.04. The lowest BCUT2D eigenvalue weighted by Gasteiger charge is -2.16. The highest BCUT2D eigenvalue weighted by atomic mass is 16.2. The molecule has 1 saturated heterocycles. The zero-order chi connectivity index (χ0) is 17.6. The molecule has 3 rings (SSSR count). The summed E-state index contributed by atoms with van der Waals surface area (Å²) in [6.45, 7) is 2.61. The fraction of sp³-hybridized carbons (Fsp3) is 0.333. The molecular formula is C21H24N2O2. The van der Waals surface area contributed by atoms with Gasteiger partial charge in [0.2, 0.25) is 11.8 Å². The molecule has 1 heterocycles. The topological polar surface area (TPSA) is 49.4 Å². The quantitative estimate of drug-likeness (QED) is 0.866. The van der Waals surface area contributed by atoms with Crippen LogP contribution in [0.5, 0.6) is 0 Å². The second-order valence-corrected chi connectivity index (χ2v) is 6.53. The van der Waals surface area contributed by atoms with Crippen LogP contribution in [0.2, 0.25) is 0 Å². The minimum Gasteiger partial charge on any atom is -0.326 e. The van der Waals surface area contributed by atoms with Crippen LogP contribution in [0.25, 0.3) is 0 Å². The monoisotopic (exact) mass is 336 g/mol. The molecule has 4 heteroatoms. The van der Waals surface area contributed by atoms with Gasteiger partial charge in [0.25, 0.3) is 0 Å². The third-order valence-corrected chi connectivity index (χ3v) is 4.60. The first kappa shape index (κ1) is 17.2. The number of hydrogen-bond donors (Lipinski definition) is 1. The summed E-state index contributed by atoms with van der Waals surface area (Å²) in [6, 6.07) is 17.5. The lowest BCUT2D eigenvalue weighted by Crippen LogP contribution is -2.28. The average molecular weight is 336 g/mol. The smallest absolute Gasteiger partial charge is 0.229 e. The summed E-state index contributed by atoms with van der Waals surface area (Å²) in [5.74, 6) is -0.401. The number of benzene rings is 2. The van der Waals surface area contributed by atoms with Crippen LogP contribution in [0, 0.1) is 5.92 Å². The van der Waals surface area contributed by atoms with Crippen LogP contribution < -0.4 is 10.2 Å². The van der Waals surface area contributed by atoms with Crippen molar-refractivity contribution in [2.75, 3.05) is 16.8 Å². The van der Waals surface area contributed by atoms with Gasteiger partial charge in [0, 0.05) is 24.3 Å². The van der Waals surface area contributed by atoms with Crippen molar-refractivity contribution in [2.24, 2.45) is 5.92 Å². The van der Waals surface area contributed by atoms with E-state index in [1.54, 1.807) is 4.90 Å². The second-order valence-electron chi connectivity index (χ2n) is 6.53. The fourth-order valence-corrected chi connectivity index (χ4v) is 3.12. The molecule has 1 fully saturated rings. The molecule has 1 aliphatic rings. The van der Waals surface area contributed by atoms with Gasteiger partial charge in [0.15, 0.2) is 0 Å². The van der Waals surface area contributed by atoms with Crippen molar-refractivity contribution in [3.05, 3.63) is 60.2 Å². The van der Waals surface area contributed by atoms with Crippen LogP contribution in [0.1, 0.15) is 31.7 Å². The Morgan fingerprint density at radius 1 is 1.12 bits per heavy atom. The minimum atomic E-state index is -0.313. The maximum atomic E-state index is 12.5. The lowest BCUT2D eigenvalue weighted by molar-refractivity contribution is -0.122. The van der Waals surface area contributed by atoms with Crippen molar-refractivity contribution in [2.45, 2.75) is 32.6 Å². The van der Waals surface area contributed by atoms with E-state index in [1.165, 1.54) is 18.4 Å². The largest absolute Gasteiger partial charge is 0.326 e. The molecule has 1 aliphatic heterocycles. The number of unbranched alkanes of at least 4 members (excludes halogenated alkanes) is 1. The Kier molecular flexibility index (Phi) is 5.49. The predicted molar refractivity (Wildman–Crippen MR) is 101 cm³/mol. The SMILES string of the molecule is CCCCc1ccc(NC(=O)[C@H]2CC(=O)N(c3ccccc3)C2)cc1. The summed E-state index contributed by atoms with van der Waals surface area (Å²) in [4.78, 5) is 26.4. The van der Waals surface area contributed by atoms with Gasteiger partial charge in [-0.3, -0.25) is 9.59 Å². The number of rotatable bonds is 6. The van der Waals surface area contributed by atoms with Crippen LogP contribution >= 0.6 is 0 Å². The molecule has 0 spiro atoms. The highest BCUT2D eigenvalue weighted by Crippen LogP contribution is 2.25. The summed E-state index contributed by atoms with van der Waals surface area (Å²) in [5, 5.41) is 2.94. The first-order valence-corrected chi connectivity index (χ1v) is 8.92. The predicted octanol–water partition coefficient (Wildman–Crippen LogP) is 4.02. The Balaban J connectivity index is 1.59. The number of nitrogens with one attached hydrogen (secondary N) is 1. The Morgan fingerprint density at radius 3 is 2.52 bits per heavy atom.